The number of fused-ring (bicyclic) bond motifs is 1. The molecular weight excluding hydrogens is 562 g/mol. The van der Waals surface area contributed by atoms with E-state index in [4.69, 9.17) is 16.1 Å². The van der Waals surface area contributed by atoms with Gasteiger partial charge in [0.25, 0.3) is 5.91 Å². The number of imidazole rings is 2. The van der Waals surface area contributed by atoms with Gasteiger partial charge in [0.1, 0.15) is 12.2 Å². The molecule has 1 aliphatic heterocycles. The number of aliphatic hydroxyl groups is 2. The highest BCUT2D eigenvalue weighted by molar-refractivity contribution is 5.85. The van der Waals surface area contributed by atoms with Crippen LogP contribution in [0.5, 0.6) is 0 Å². The molecule has 0 aliphatic carbocycles. The van der Waals surface area contributed by atoms with Crippen LogP contribution in [0.1, 0.15) is 31.5 Å². The maximum atomic E-state index is 12.6. The van der Waals surface area contributed by atoms with Crippen LogP contribution in [-0.4, -0.2) is 83.1 Å². The van der Waals surface area contributed by atoms with Crippen LogP contribution in [0.25, 0.3) is 11.2 Å². The number of carbonyl (C=O) groups excluding carboxylic acids is 1. The van der Waals surface area contributed by atoms with Crippen molar-refractivity contribution in [3.63, 3.8) is 0 Å². The monoisotopic (exact) mass is 598 g/mol. The Kier molecular flexibility index (Phi) is 8.39. The zero-order chi connectivity index (χ0) is 31.2. The van der Waals surface area contributed by atoms with E-state index in [2.05, 4.69) is 50.2 Å². The van der Waals surface area contributed by atoms with Gasteiger partial charge < -0.3 is 35.5 Å². The second-order valence-corrected chi connectivity index (χ2v) is 10.4. The van der Waals surface area contributed by atoms with Crippen LogP contribution in [0, 0.1) is 0 Å². The molecule has 1 unspecified atom stereocenters. The highest BCUT2D eigenvalue weighted by Crippen LogP contribution is 2.33. The van der Waals surface area contributed by atoms with Gasteiger partial charge in [-0.15, -0.1) is 0 Å². The van der Waals surface area contributed by atoms with E-state index < -0.39 is 30.4 Å². The molecule has 3 aromatic heterocycles. The minimum atomic E-state index is -1.48. The second-order valence-electron chi connectivity index (χ2n) is 10.4. The number of amides is 1. The number of nitrogens with one attached hydrogen (secondary N) is 3. The molecule has 0 radical (unpaired) electrons. The molecule has 44 heavy (non-hydrogen) atoms. The fourth-order valence-corrected chi connectivity index (χ4v) is 5.35. The number of carbonyl (C=O) groups is 1. The zero-order valence-electron chi connectivity index (χ0n) is 24.9. The molecule has 2 aromatic carbocycles. The van der Waals surface area contributed by atoms with Crippen molar-refractivity contribution in [2.75, 3.05) is 30.3 Å². The van der Waals surface area contributed by atoms with Crippen LogP contribution in [0.4, 0.5) is 11.8 Å². The van der Waals surface area contributed by atoms with E-state index in [-0.39, 0.29) is 19.4 Å². The third kappa shape index (κ3) is 6.11. The van der Waals surface area contributed by atoms with Gasteiger partial charge >= 0.3 is 0 Å². The smallest absolute Gasteiger partial charge is 0.252 e. The first-order chi connectivity index (χ1) is 22.0. The van der Waals surface area contributed by atoms with Gasteiger partial charge in [-0.3, -0.25) is 9.36 Å². The van der Waals surface area contributed by atoms with E-state index in [1.54, 1.807) is 12.5 Å². The normalized spacial score (nSPS) is 20.1. The number of ether oxygens (including phenoxy) is 1. The lowest BCUT2D eigenvalue weighted by Gasteiger charge is -2.20. The summed E-state index contributed by atoms with van der Waals surface area (Å²) in [7, 11) is 0. The summed E-state index contributed by atoms with van der Waals surface area (Å²) >= 11 is 0. The largest absolute Gasteiger partial charge is 0.387 e. The molecule has 13 nitrogen and oxygen atoms in total. The molecule has 5 aromatic rings. The quantitative estimate of drug-likeness (QED) is 0.144. The van der Waals surface area contributed by atoms with Gasteiger partial charge in [-0.05, 0) is 18.0 Å². The number of likely N-dealkylation sites (N-methyl/N-ethyl adjacent to an activating group) is 1. The maximum absolute atomic E-state index is 12.6. The summed E-state index contributed by atoms with van der Waals surface area (Å²) < 4.78 is 16.6. The Bertz CT molecular complexity index is 1650. The van der Waals surface area contributed by atoms with Crippen LogP contribution in [0.2, 0.25) is 0 Å². The van der Waals surface area contributed by atoms with E-state index >= 15 is 0 Å². The molecule has 13 heteroatoms. The van der Waals surface area contributed by atoms with Crippen molar-refractivity contribution in [2.24, 2.45) is 0 Å². The van der Waals surface area contributed by atoms with Crippen molar-refractivity contribution < 1.29 is 21.1 Å². The zero-order valence-corrected chi connectivity index (χ0v) is 23.9. The van der Waals surface area contributed by atoms with Gasteiger partial charge in [0, 0.05) is 45.9 Å². The van der Waals surface area contributed by atoms with Crippen molar-refractivity contribution in [3.8, 4) is 0 Å². The summed E-state index contributed by atoms with van der Waals surface area (Å²) in [5.74, 6) is 0.196. The van der Waals surface area contributed by atoms with E-state index in [0.717, 1.165) is 11.1 Å². The van der Waals surface area contributed by atoms with Crippen molar-refractivity contribution in [1.82, 2.24) is 34.4 Å². The second kappa shape index (κ2) is 13.2. The number of aromatic nitrogens is 6. The van der Waals surface area contributed by atoms with E-state index in [1.165, 1.54) is 10.9 Å². The van der Waals surface area contributed by atoms with Crippen LogP contribution >= 0.6 is 0 Å². The molecule has 0 spiro atoms. The Morgan fingerprint density at radius 3 is 2.45 bits per heavy atom. The van der Waals surface area contributed by atoms with Crippen LogP contribution in [0.15, 0.2) is 85.7 Å². The van der Waals surface area contributed by atoms with Crippen molar-refractivity contribution in [1.29, 1.82) is 0 Å². The summed E-state index contributed by atoms with van der Waals surface area (Å²) in [6.45, 7) is 1.71. The molecule has 6 rings (SSSR count). The Hall–Kier alpha value is -4.85. The summed E-state index contributed by atoms with van der Waals surface area (Å²) in [6.07, 6.45) is 1.38. The molecule has 4 heterocycles. The number of hydrogen-bond donors (Lipinski definition) is 5. The predicted molar refractivity (Wildman–Crippen MR) is 164 cm³/mol. The summed E-state index contributed by atoms with van der Waals surface area (Å²) in [4.78, 5) is 30.7. The Morgan fingerprint density at radius 2 is 1.77 bits per heavy atom. The van der Waals surface area contributed by atoms with Gasteiger partial charge in [-0.2, -0.15) is 9.97 Å². The van der Waals surface area contributed by atoms with Gasteiger partial charge in [-0.25, -0.2) is 9.97 Å². The van der Waals surface area contributed by atoms with E-state index in [9.17, 15) is 15.0 Å². The van der Waals surface area contributed by atoms with E-state index in [0.29, 0.717) is 42.6 Å². The standard InChI is InChI=1S/C31H35N9O4/c1-2-33-29(43)26-24(41)25(42)30(44-26)40-19-36-23-27(37-31(38-28(23)40)34-14-16-39-15-13-32-18-39)35-17-22(20-9-5-3-6-10-20)21-11-7-4-8-12-21/h3-13,15,18-19,22,24-26,30,41-42H,2,14,16-17H2,1H3,(H,33,43)(H2,34,35,37,38)/t24-,25+,26-,30?/m0/s1/i1D. The molecular formula is C31H35N9O4. The SMILES string of the molecule is [2H]CCNC(=O)[C@H]1OC(n2cnc3c(NCC(c4ccccc4)c4ccccc4)nc(NCCn4ccnc4)nc32)[C@H](O)[C@@H]1O. The summed E-state index contributed by atoms with van der Waals surface area (Å²) in [5.41, 5.74) is 3.05. The molecule has 0 saturated carbocycles. The van der Waals surface area contributed by atoms with Gasteiger partial charge in [0.15, 0.2) is 29.3 Å². The molecule has 1 amide bonds. The van der Waals surface area contributed by atoms with Gasteiger partial charge in [-0.1, -0.05) is 60.7 Å². The Balaban J connectivity index is 1.31. The molecule has 1 aliphatic rings. The van der Waals surface area contributed by atoms with Crippen LogP contribution in [0.3, 0.4) is 0 Å². The predicted octanol–water partition coefficient (Wildman–Crippen LogP) is 2.13. The Labute approximate surface area is 255 Å². The fourth-order valence-electron chi connectivity index (χ4n) is 5.35. The number of benzene rings is 2. The number of nitrogens with zero attached hydrogens (tertiary/aromatic N) is 6. The average molecular weight is 599 g/mol. The Morgan fingerprint density at radius 1 is 1.02 bits per heavy atom. The summed E-state index contributed by atoms with van der Waals surface area (Å²) in [5, 5.41) is 30.9. The van der Waals surface area contributed by atoms with Crippen LogP contribution < -0.4 is 16.0 Å². The molecule has 0 bridgehead atoms. The summed E-state index contributed by atoms with van der Waals surface area (Å²) in [6, 6.07) is 20.4. The lowest BCUT2D eigenvalue weighted by molar-refractivity contribution is -0.137. The van der Waals surface area contributed by atoms with Gasteiger partial charge in [0.05, 0.1) is 12.7 Å². The molecule has 228 valence electrons. The minimum Gasteiger partial charge on any atom is -0.387 e. The number of hydrogen-bond acceptors (Lipinski definition) is 10. The lowest BCUT2D eigenvalue weighted by Crippen LogP contribution is -2.42. The van der Waals surface area contributed by atoms with Gasteiger partial charge in [0.2, 0.25) is 5.95 Å². The fraction of sp³-hybridized carbons (Fsp3) is 0.323. The highest BCUT2D eigenvalue weighted by atomic mass is 16.6. The minimum absolute atomic E-state index is 0.00952. The van der Waals surface area contributed by atoms with Crippen molar-refractivity contribution in [2.45, 2.75) is 43.9 Å². The third-order valence-corrected chi connectivity index (χ3v) is 7.58. The first-order valence-corrected chi connectivity index (χ1v) is 14.4. The molecule has 1 fully saturated rings. The molecule has 4 atom stereocenters. The molecule has 5 N–H and O–H groups in total. The molecule has 1 saturated heterocycles. The highest BCUT2D eigenvalue weighted by Gasteiger charge is 2.47. The first-order valence-electron chi connectivity index (χ1n) is 15.1. The topological polar surface area (TPSA) is 164 Å². The average Bonchev–Trinajstić information content (AvgIpc) is 3.81. The van der Waals surface area contributed by atoms with Crippen molar-refractivity contribution in [3.05, 3.63) is 96.8 Å². The van der Waals surface area contributed by atoms with E-state index in [1.807, 2.05) is 47.2 Å². The van der Waals surface area contributed by atoms with Crippen LogP contribution in [-0.2, 0) is 16.1 Å². The number of aliphatic hydroxyl groups excluding tert-OH is 2. The third-order valence-electron chi connectivity index (χ3n) is 7.58. The number of anilines is 2. The first kappa shape index (κ1) is 28.0. The number of rotatable bonds is 12. The lowest BCUT2D eigenvalue weighted by atomic mass is 9.91. The maximum Gasteiger partial charge on any atom is 0.252 e. The van der Waals surface area contributed by atoms with Crippen molar-refractivity contribution >= 4 is 28.8 Å².